The van der Waals surface area contributed by atoms with E-state index in [0.717, 1.165) is 11.3 Å². The monoisotopic (exact) mass is 395 g/mol. The van der Waals surface area contributed by atoms with E-state index in [9.17, 15) is 14.9 Å². The summed E-state index contributed by atoms with van der Waals surface area (Å²) >= 11 is 6.35. The summed E-state index contributed by atoms with van der Waals surface area (Å²) < 4.78 is 0. The van der Waals surface area contributed by atoms with Crippen LogP contribution in [-0.2, 0) is 0 Å². The second-order valence-corrected chi connectivity index (χ2v) is 6.61. The molecule has 0 aliphatic heterocycles. The Kier molecular flexibility index (Phi) is 5.91. The van der Waals surface area contributed by atoms with Crippen LogP contribution in [0.5, 0.6) is 0 Å². The van der Waals surface area contributed by atoms with Crippen molar-refractivity contribution >= 4 is 34.6 Å². The molecule has 3 aromatic rings. The lowest BCUT2D eigenvalue weighted by atomic mass is 10.1. The number of hydrogen-bond acceptors (Lipinski definition) is 4. The van der Waals surface area contributed by atoms with Crippen LogP contribution < -0.4 is 10.6 Å². The number of halogens is 1. The van der Waals surface area contributed by atoms with Crippen LogP contribution in [0.25, 0.3) is 0 Å². The van der Waals surface area contributed by atoms with Gasteiger partial charge in [-0.05, 0) is 36.8 Å². The van der Waals surface area contributed by atoms with Crippen LogP contribution in [0.3, 0.4) is 0 Å². The standard InChI is InChI=1S/C21H18ClN3O3/c1-14(15-7-3-2-4-8-15)23-19-12-11-16(13-18(19)22)24-21(26)17-9-5-6-10-20(17)25(27)28/h2-14,23H,1H3,(H,24,26). The van der Waals surface area contributed by atoms with Gasteiger partial charge in [0.15, 0.2) is 0 Å². The van der Waals surface area contributed by atoms with Gasteiger partial charge in [0.2, 0.25) is 0 Å². The molecule has 0 heterocycles. The molecule has 0 aromatic heterocycles. The maximum absolute atomic E-state index is 12.4. The molecule has 0 radical (unpaired) electrons. The lowest BCUT2D eigenvalue weighted by Gasteiger charge is -2.17. The Bertz CT molecular complexity index is 1010. The summed E-state index contributed by atoms with van der Waals surface area (Å²) in [5, 5.41) is 17.5. The highest BCUT2D eigenvalue weighted by Crippen LogP contribution is 2.29. The number of anilines is 2. The SMILES string of the molecule is CC(Nc1ccc(NC(=O)c2ccccc2[N+](=O)[O-])cc1Cl)c1ccccc1. The van der Waals surface area contributed by atoms with Gasteiger partial charge in [0.05, 0.1) is 15.6 Å². The highest BCUT2D eigenvalue weighted by atomic mass is 35.5. The minimum absolute atomic E-state index is 0.0106. The Balaban J connectivity index is 1.74. The summed E-state index contributed by atoms with van der Waals surface area (Å²) in [5.74, 6) is -0.568. The minimum Gasteiger partial charge on any atom is -0.377 e. The summed E-state index contributed by atoms with van der Waals surface area (Å²) in [4.78, 5) is 22.9. The Hall–Kier alpha value is -3.38. The highest BCUT2D eigenvalue weighted by Gasteiger charge is 2.19. The molecule has 7 heteroatoms. The number of para-hydroxylation sites is 1. The fraction of sp³-hybridized carbons (Fsp3) is 0.0952. The minimum atomic E-state index is -0.583. The fourth-order valence-corrected chi connectivity index (χ4v) is 3.03. The van der Waals surface area contributed by atoms with E-state index in [0.29, 0.717) is 10.7 Å². The third-order valence-electron chi connectivity index (χ3n) is 4.24. The Labute approximate surface area is 167 Å². The van der Waals surface area contributed by atoms with Gasteiger partial charge in [-0.15, -0.1) is 0 Å². The fourth-order valence-electron chi connectivity index (χ4n) is 2.79. The Morgan fingerprint density at radius 3 is 2.39 bits per heavy atom. The van der Waals surface area contributed by atoms with Crippen LogP contribution >= 0.6 is 11.6 Å². The zero-order chi connectivity index (χ0) is 20.1. The maximum Gasteiger partial charge on any atom is 0.282 e. The van der Waals surface area contributed by atoms with Crippen molar-refractivity contribution in [3.63, 3.8) is 0 Å². The summed E-state index contributed by atoms with van der Waals surface area (Å²) in [6, 6.07) is 20.8. The third kappa shape index (κ3) is 4.47. The van der Waals surface area contributed by atoms with E-state index in [1.54, 1.807) is 24.3 Å². The predicted octanol–water partition coefficient (Wildman–Crippen LogP) is 5.67. The van der Waals surface area contributed by atoms with Crippen molar-refractivity contribution in [2.24, 2.45) is 0 Å². The van der Waals surface area contributed by atoms with E-state index >= 15 is 0 Å². The van der Waals surface area contributed by atoms with Gasteiger partial charge < -0.3 is 10.6 Å². The van der Waals surface area contributed by atoms with Gasteiger partial charge in [-0.2, -0.15) is 0 Å². The van der Waals surface area contributed by atoms with E-state index in [4.69, 9.17) is 11.6 Å². The van der Waals surface area contributed by atoms with E-state index in [-0.39, 0.29) is 17.3 Å². The van der Waals surface area contributed by atoms with Crippen molar-refractivity contribution in [2.75, 3.05) is 10.6 Å². The highest BCUT2D eigenvalue weighted by molar-refractivity contribution is 6.33. The zero-order valence-corrected chi connectivity index (χ0v) is 15.8. The van der Waals surface area contributed by atoms with E-state index < -0.39 is 10.8 Å². The number of carbonyl (C=O) groups is 1. The summed E-state index contributed by atoms with van der Waals surface area (Å²) in [6.45, 7) is 2.02. The molecular formula is C21H18ClN3O3. The van der Waals surface area contributed by atoms with Crippen molar-refractivity contribution in [3.05, 3.63) is 99.1 Å². The summed E-state index contributed by atoms with van der Waals surface area (Å²) in [7, 11) is 0. The summed E-state index contributed by atoms with van der Waals surface area (Å²) in [5.41, 5.74) is 2.03. The molecule has 1 amide bonds. The van der Waals surface area contributed by atoms with Crippen LogP contribution in [0.4, 0.5) is 17.1 Å². The van der Waals surface area contributed by atoms with Crippen LogP contribution in [0.15, 0.2) is 72.8 Å². The average molecular weight is 396 g/mol. The Morgan fingerprint density at radius 2 is 1.71 bits per heavy atom. The number of nitro groups is 1. The molecule has 1 atom stereocenters. The van der Waals surface area contributed by atoms with Crippen molar-refractivity contribution in [2.45, 2.75) is 13.0 Å². The molecule has 0 saturated heterocycles. The lowest BCUT2D eigenvalue weighted by molar-refractivity contribution is -0.385. The predicted molar refractivity (Wildman–Crippen MR) is 111 cm³/mol. The normalized spacial score (nSPS) is 11.5. The van der Waals surface area contributed by atoms with Gasteiger partial charge in [0.1, 0.15) is 5.56 Å². The van der Waals surface area contributed by atoms with E-state index in [1.807, 2.05) is 37.3 Å². The van der Waals surface area contributed by atoms with E-state index in [1.165, 1.54) is 18.2 Å². The lowest BCUT2D eigenvalue weighted by Crippen LogP contribution is -2.14. The number of nitrogens with zero attached hydrogens (tertiary/aromatic N) is 1. The first-order chi connectivity index (χ1) is 13.5. The second-order valence-electron chi connectivity index (χ2n) is 6.20. The van der Waals surface area contributed by atoms with Crippen molar-refractivity contribution < 1.29 is 9.72 Å². The van der Waals surface area contributed by atoms with Crippen molar-refractivity contribution in [1.82, 2.24) is 0 Å². The van der Waals surface area contributed by atoms with Gasteiger partial charge in [0.25, 0.3) is 11.6 Å². The maximum atomic E-state index is 12.4. The number of nitrogens with one attached hydrogen (secondary N) is 2. The molecule has 0 bridgehead atoms. The number of benzene rings is 3. The molecule has 0 aliphatic carbocycles. The van der Waals surface area contributed by atoms with Crippen molar-refractivity contribution in [3.8, 4) is 0 Å². The third-order valence-corrected chi connectivity index (χ3v) is 4.56. The first-order valence-electron chi connectivity index (χ1n) is 8.61. The quantitative estimate of drug-likeness (QED) is 0.415. The molecule has 1 unspecified atom stereocenters. The van der Waals surface area contributed by atoms with Crippen LogP contribution in [-0.4, -0.2) is 10.8 Å². The first-order valence-corrected chi connectivity index (χ1v) is 8.99. The molecule has 0 fully saturated rings. The largest absolute Gasteiger partial charge is 0.377 e. The number of hydrogen-bond donors (Lipinski definition) is 2. The average Bonchev–Trinajstić information content (AvgIpc) is 2.70. The molecule has 0 saturated carbocycles. The molecule has 3 aromatic carbocycles. The van der Waals surface area contributed by atoms with Gasteiger partial charge >= 0.3 is 0 Å². The van der Waals surface area contributed by atoms with Gasteiger partial charge in [-0.25, -0.2) is 0 Å². The number of carbonyl (C=O) groups excluding carboxylic acids is 1. The number of amides is 1. The number of rotatable bonds is 6. The Morgan fingerprint density at radius 1 is 1.04 bits per heavy atom. The van der Waals surface area contributed by atoms with Gasteiger partial charge in [-0.1, -0.05) is 54.1 Å². The molecule has 0 aliphatic rings. The zero-order valence-electron chi connectivity index (χ0n) is 15.1. The molecular weight excluding hydrogens is 378 g/mol. The van der Waals surface area contributed by atoms with Crippen LogP contribution in [0.1, 0.15) is 28.9 Å². The van der Waals surface area contributed by atoms with Gasteiger partial charge in [0, 0.05) is 17.8 Å². The van der Waals surface area contributed by atoms with Crippen LogP contribution in [0, 0.1) is 10.1 Å². The van der Waals surface area contributed by atoms with Gasteiger partial charge in [-0.3, -0.25) is 14.9 Å². The smallest absolute Gasteiger partial charge is 0.282 e. The molecule has 2 N–H and O–H groups in total. The molecule has 142 valence electrons. The summed E-state index contributed by atoms with van der Waals surface area (Å²) in [6.07, 6.45) is 0. The second kappa shape index (κ2) is 8.54. The number of nitro benzene ring substituents is 1. The molecule has 3 rings (SSSR count). The topological polar surface area (TPSA) is 84.3 Å². The van der Waals surface area contributed by atoms with Crippen molar-refractivity contribution in [1.29, 1.82) is 0 Å². The molecule has 0 spiro atoms. The van der Waals surface area contributed by atoms with Crippen LogP contribution in [0.2, 0.25) is 5.02 Å². The van der Waals surface area contributed by atoms with E-state index in [2.05, 4.69) is 10.6 Å². The first kappa shape index (κ1) is 19.4. The molecule has 6 nitrogen and oxygen atoms in total. The molecule has 28 heavy (non-hydrogen) atoms.